The highest BCUT2D eigenvalue weighted by Gasteiger charge is 2.19. The van der Waals surface area contributed by atoms with Crippen LogP contribution in [0.1, 0.15) is 66.7 Å². The summed E-state index contributed by atoms with van der Waals surface area (Å²) in [5, 5.41) is 12.7. The van der Waals surface area contributed by atoms with E-state index in [1.54, 1.807) is 6.21 Å². The van der Waals surface area contributed by atoms with Crippen LogP contribution in [0.2, 0.25) is 0 Å². The monoisotopic (exact) mass is 356 g/mol. The number of carbonyl (C=O) groups is 2. The molecule has 0 aromatic heterocycles. The summed E-state index contributed by atoms with van der Waals surface area (Å²) in [6, 6.07) is 0.172. The van der Waals surface area contributed by atoms with Gasteiger partial charge in [-0.15, -0.1) is 0 Å². The second kappa shape index (κ2) is 14.7. The number of hydrogen-bond donors (Lipinski definition) is 3. The van der Waals surface area contributed by atoms with E-state index in [1.807, 2.05) is 34.6 Å². The lowest BCUT2D eigenvalue weighted by Crippen LogP contribution is -2.48. The van der Waals surface area contributed by atoms with Crippen LogP contribution in [-0.4, -0.2) is 49.3 Å². The predicted octanol–water partition coefficient (Wildman–Crippen LogP) is 1.97. The van der Waals surface area contributed by atoms with Crippen LogP contribution in [0.25, 0.3) is 0 Å². The first kappa shape index (κ1) is 23.4. The molecule has 1 atom stereocenters. The number of carbonyl (C=O) groups excluding carboxylic acids is 2. The normalized spacial score (nSPS) is 12.6. The number of unbranched alkanes of at least 4 members (excludes halogenated alkanes) is 2. The lowest BCUT2D eigenvalue weighted by atomic mass is 10.1. The average Bonchev–Trinajstić information content (AvgIpc) is 2.52. The number of amides is 2. The first-order valence-electron chi connectivity index (χ1n) is 9.33. The highest BCUT2D eigenvalue weighted by atomic mass is 16.6. The van der Waals surface area contributed by atoms with Gasteiger partial charge in [0.1, 0.15) is 0 Å². The fourth-order valence-corrected chi connectivity index (χ4v) is 2.16. The Bertz CT molecular complexity index is 398. The molecule has 0 saturated carbocycles. The molecule has 0 bridgehead atoms. The SMILES string of the molecule is CCCC=NOCC(=O)NCCCC[C@H](NC(C)C)C(=O)NC(C)C. The zero-order valence-electron chi connectivity index (χ0n) is 16.4. The lowest BCUT2D eigenvalue weighted by Gasteiger charge is -2.22. The van der Waals surface area contributed by atoms with Crippen molar-refractivity contribution in [1.29, 1.82) is 0 Å². The molecule has 0 fully saturated rings. The van der Waals surface area contributed by atoms with Crippen molar-refractivity contribution in [3.05, 3.63) is 0 Å². The van der Waals surface area contributed by atoms with Crippen LogP contribution in [-0.2, 0) is 14.4 Å². The Morgan fingerprint density at radius 3 is 2.44 bits per heavy atom. The van der Waals surface area contributed by atoms with E-state index in [9.17, 15) is 9.59 Å². The molecule has 0 spiro atoms. The Labute approximate surface area is 152 Å². The van der Waals surface area contributed by atoms with E-state index in [4.69, 9.17) is 4.84 Å². The molecule has 25 heavy (non-hydrogen) atoms. The minimum absolute atomic E-state index is 0.0334. The van der Waals surface area contributed by atoms with Crippen molar-refractivity contribution in [2.45, 2.75) is 84.8 Å². The number of nitrogens with one attached hydrogen (secondary N) is 3. The van der Waals surface area contributed by atoms with Gasteiger partial charge in [-0.3, -0.25) is 9.59 Å². The molecule has 0 aliphatic rings. The number of hydrogen-bond acceptors (Lipinski definition) is 5. The van der Waals surface area contributed by atoms with Crippen LogP contribution in [0, 0.1) is 0 Å². The molecule has 0 saturated heterocycles. The maximum Gasteiger partial charge on any atom is 0.260 e. The van der Waals surface area contributed by atoms with Crippen molar-refractivity contribution in [2.75, 3.05) is 13.2 Å². The molecule has 0 rings (SSSR count). The van der Waals surface area contributed by atoms with Crippen molar-refractivity contribution in [3.8, 4) is 0 Å². The molecule has 0 unspecified atom stereocenters. The van der Waals surface area contributed by atoms with Gasteiger partial charge in [-0.05, 0) is 39.5 Å². The highest BCUT2D eigenvalue weighted by Crippen LogP contribution is 2.03. The maximum atomic E-state index is 12.2. The van der Waals surface area contributed by atoms with Crippen molar-refractivity contribution in [1.82, 2.24) is 16.0 Å². The summed E-state index contributed by atoms with van der Waals surface area (Å²) in [5.41, 5.74) is 0. The van der Waals surface area contributed by atoms with Gasteiger partial charge in [0.2, 0.25) is 5.91 Å². The van der Waals surface area contributed by atoms with E-state index in [2.05, 4.69) is 21.1 Å². The number of rotatable bonds is 14. The fraction of sp³-hybridized carbons (Fsp3) is 0.833. The molecule has 0 aliphatic carbocycles. The molecule has 0 heterocycles. The van der Waals surface area contributed by atoms with Crippen molar-refractivity contribution >= 4 is 18.0 Å². The van der Waals surface area contributed by atoms with Gasteiger partial charge < -0.3 is 20.8 Å². The molecule has 0 aromatic rings. The summed E-state index contributed by atoms with van der Waals surface area (Å²) in [7, 11) is 0. The third-order valence-corrected chi connectivity index (χ3v) is 3.29. The largest absolute Gasteiger partial charge is 0.386 e. The summed E-state index contributed by atoms with van der Waals surface area (Å²) in [4.78, 5) is 28.6. The Morgan fingerprint density at radius 2 is 1.84 bits per heavy atom. The Hall–Kier alpha value is -1.63. The van der Waals surface area contributed by atoms with Crippen molar-refractivity contribution in [3.63, 3.8) is 0 Å². The van der Waals surface area contributed by atoms with E-state index >= 15 is 0 Å². The molecule has 7 nitrogen and oxygen atoms in total. The van der Waals surface area contributed by atoms with E-state index in [0.29, 0.717) is 6.54 Å². The minimum atomic E-state index is -0.200. The smallest absolute Gasteiger partial charge is 0.260 e. The van der Waals surface area contributed by atoms with E-state index < -0.39 is 0 Å². The molecule has 146 valence electrons. The first-order chi connectivity index (χ1) is 11.9. The van der Waals surface area contributed by atoms with Crippen LogP contribution in [0.15, 0.2) is 5.16 Å². The predicted molar refractivity (Wildman–Crippen MR) is 102 cm³/mol. The minimum Gasteiger partial charge on any atom is -0.386 e. The van der Waals surface area contributed by atoms with Gasteiger partial charge in [0.25, 0.3) is 5.91 Å². The molecular formula is C18H36N4O3. The van der Waals surface area contributed by atoms with Gasteiger partial charge in [0, 0.05) is 24.8 Å². The quantitative estimate of drug-likeness (QED) is 0.252. The zero-order valence-corrected chi connectivity index (χ0v) is 16.4. The van der Waals surface area contributed by atoms with Crippen LogP contribution < -0.4 is 16.0 Å². The summed E-state index contributed by atoms with van der Waals surface area (Å²) in [5.74, 6) is -0.144. The molecule has 0 radical (unpaired) electrons. The van der Waals surface area contributed by atoms with E-state index in [0.717, 1.165) is 32.1 Å². The van der Waals surface area contributed by atoms with Gasteiger partial charge in [0.15, 0.2) is 6.61 Å². The van der Waals surface area contributed by atoms with Gasteiger partial charge in [-0.1, -0.05) is 32.3 Å². The average molecular weight is 357 g/mol. The molecular weight excluding hydrogens is 320 g/mol. The summed E-state index contributed by atoms with van der Waals surface area (Å²) in [6.45, 7) is 10.5. The molecule has 2 amide bonds. The standard InChI is InChI=1S/C18H36N4O3/c1-6-7-12-20-25-13-17(23)19-11-9-8-10-16(21-14(2)3)18(24)22-15(4)5/h12,14-16,21H,6-11,13H2,1-5H3,(H,19,23)(H,22,24)/t16-/m0/s1. The van der Waals surface area contributed by atoms with Crippen LogP contribution in [0.4, 0.5) is 0 Å². The Kier molecular flexibility index (Phi) is 13.7. The number of nitrogens with zero attached hydrogens (tertiary/aromatic N) is 1. The molecule has 7 heteroatoms. The zero-order chi connectivity index (χ0) is 19.1. The van der Waals surface area contributed by atoms with E-state index in [1.165, 1.54) is 0 Å². The molecule has 0 aliphatic heterocycles. The second-order valence-electron chi connectivity index (χ2n) is 6.73. The van der Waals surface area contributed by atoms with Crippen LogP contribution in [0.5, 0.6) is 0 Å². The Morgan fingerprint density at radius 1 is 1.12 bits per heavy atom. The second-order valence-corrected chi connectivity index (χ2v) is 6.73. The number of oxime groups is 1. The fourth-order valence-electron chi connectivity index (χ4n) is 2.16. The first-order valence-corrected chi connectivity index (χ1v) is 9.33. The van der Waals surface area contributed by atoms with Crippen LogP contribution >= 0.6 is 0 Å². The maximum absolute atomic E-state index is 12.2. The Balaban J connectivity index is 3.93. The van der Waals surface area contributed by atoms with Crippen molar-refractivity contribution < 1.29 is 14.4 Å². The molecule has 0 aromatic carbocycles. The highest BCUT2D eigenvalue weighted by molar-refractivity contribution is 5.82. The topological polar surface area (TPSA) is 91.8 Å². The molecule has 3 N–H and O–H groups in total. The van der Waals surface area contributed by atoms with Gasteiger partial charge in [-0.2, -0.15) is 0 Å². The van der Waals surface area contributed by atoms with Gasteiger partial charge in [-0.25, -0.2) is 0 Å². The van der Waals surface area contributed by atoms with Crippen molar-refractivity contribution in [2.24, 2.45) is 5.16 Å². The summed E-state index contributed by atoms with van der Waals surface area (Å²) < 4.78 is 0. The third-order valence-electron chi connectivity index (χ3n) is 3.29. The summed E-state index contributed by atoms with van der Waals surface area (Å²) in [6.07, 6.45) is 5.92. The van der Waals surface area contributed by atoms with Gasteiger partial charge in [0.05, 0.1) is 6.04 Å². The van der Waals surface area contributed by atoms with Gasteiger partial charge >= 0.3 is 0 Å². The third kappa shape index (κ3) is 14.4. The van der Waals surface area contributed by atoms with Crippen LogP contribution in [0.3, 0.4) is 0 Å². The summed E-state index contributed by atoms with van der Waals surface area (Å²) >= 11 is 0. The lowest BCUT2D eigenvalue weighted by molar-refractivity contribution is -0.126. The van der Waals surface area contributed by atoms with E-state index in [-0.39, 0.29) is 36.5 Å².